The van der Waals surface area contributed by atoms with E-state index in [1.54, 1.807) is 0 Å². The van der Waals surface area contributed by atoms with Crippen LogP contribution in [0, 0.1) is 11.3 Å². The Balaban J connectivity index is 2.12. The van der Waals surface area contributed by atoms with E-state index in [2.05, 4.69) is 10.2 Å². The van der Waals surface area contributed by atoms with Crippen LogP contribution in [0.15, 0.2) is 35.3 Å². The molecule has 0 aromatic rings. The summed E-state index contributed by atoms with van der Waals surface area (Å²) in [5.74, 6) is -0.130. The topological polar surface area (TPSA) is 65.4 Å². The van der Waals surface area contributed by atoms with Gasteiger partial charge in [-0.1, -0.05) is 13.8 Å². The first-order valence-electron chi connectivity index (χ1n) is 6.90. The molecule has 2 aliphatic rings. The van der Waals surface area contributed by atoms with Gasteiger partial charge in [-0.3, -0.25) is 4.79 Å². The van der Waals surface area contributed by atoms with E-state index < -0.39 is 0 Å². The highest BCUT2D eigenvalue weighted by atomic mass is 16.5. The number of carbonyl (C=O) groups is 1. The molecule has 2 aliphatic heterocycles. The standard InChI is InChI=1S/C15H21N3O2/c1-11(2)15(19)13(9-16)14-4-3-12(10-17-14)18-5-7-20-8-6-18/h3-4,9-11,16-17H,5-8H2,1-2H3/b14-13+,16-9?. The minimum Gasteiger partial charge on any atom is -0.378 e. The van der Waals surface area contributed by atoms with E-state index in [9.17, 15) is 4.79 Å². The van der Waals surface area contributed by atoms with Gasteiger partial charge >= 0.3 is 0 Å². The SMILES string of the molecule is CC(C)C(=O)/C(C=N)=C1\C=CC(N2CCOCC2)=CN1. The molecular weight excluding hydrogens is 254 g/mol. The number of nitrogens with zero attached hydrogens (tertiary/aromatic N) is 1. The Kier molecular flexibility index (Phi) is 4.74. The minimum atomic E-state index is -0.112. The molecule has 2 rings (SSSR count). The fourth-order valence-corrected chi connectivity index (χ4v) is 2.20. The van der Waals surface area contributed by atoms with Crippen LogP contribution < -0.4 is 5.32 Å². The van der Waals surface area contributed by atoms with Gasteiger partial charge in [0.05, 0.1) is 30.2 Å². The number of hydrogen-bond donors (Lipinski definition) is 2. The van der Waals surface area contributed by atoms with Crippen LogP contribution in [-0.4, -0.2) is 43.2 Å². The predicted octanol–water partition coefficient (Wildman–Crippen LogP) is 1.45. The zero-order valence-electron chi connectivity index (χ0n) is 12.0. The number of ether oxygens (including phenoxy) is 1. The average molecular weight is 275 g/mol. The number of morpholine rings is 1. The van der Waals surface area contributed by atoms with Gasteiger partial charge in [-0.25, -0.2) is 0 Å². The third-order valence-electron chi connectivity index (χ3n) is 3.40. The number of allylic oxidation sites excluding steroid dienone is 3. The van der Waals surface area contributed by atoms with E-state index >= 15 is 0 Å². The molecule has 108 valence electrons. The largest absolute Gasteiger partial charge is 0.378 e. The van der Waals surface area contributed by atoms with E-state index in [1.165, 1.54) is 0 Å². The first kappa shape index (κ1) is 14.5. The Hall–Kier alpha value is -1.88. The van der Waals surface area contributed by atoms with Gasteiger partial charge in [-0.15, -0.1) is 0 Å². The van der Waals surface area contributed by atoms with Crippen molar-refractivity contribution in [2.45, 2.75) is 13.8 Å². The van der Waals surface area contributed by atoms with Crippen molar-refractivity contribution in [2.75, 3.05) is 26.3 Å². The van der Waals surface area contributed by atoms with Crippen molar-refractivity contribution < 1.29 is 9.53 Å². The van der Waals surface area contributed by atoms with Crippen LogP contribution in [0.4, 0.5) is 0 Å². The van der Waals surface area contributed by atoms with Crippen LogP contribution in [0.1, 0.15) is 13.8 Å². The van der Waals surface area contributed by atoms with Crippen molar-refractivity contribution in [3.8, 4) is 0 Å². The second-order valence-electron chi connectivity index (χ2n) is 5.14. The molecule has 5 nitrogen and oxygen atoms in total. The maximum Gasteiger partial charge on any atom is 0.169 e. The highest BCUT2D eigenvalue weighted by Gasteiger charge is 2.18. The maximum atomic E-state index is 12.0. The Bertz CT molecular complexity index is 483. The Morgan fingerprint density at radius 2 is 2.10 bits per heavy atom. The van der Waals surface area contributed by atoms with Crippen molar-refractivity contribution in [1.82, 2.24) is 10.2 Å². The molecule has 0 bridgehead atoms. The summed E-state index contributed by atoms with van der Waals surface area (Å²) in [6, 6.07) is 0. The van der Waals surface area contributed by atoms with Crippen LogP contribution in [0.2, 0.25) is 0 Å². The summed E-state index contributed by atoms with van der Waals surface area (Å²) in [4.78, 5) is 14.3. The molecule has 0 aromatic carbocycles. The van der Waals surface area contributed by atoms with E-state index in [-0.39, 0.29) is 11.7 Å². The van der Waals surface area contributed by atoms with Gasteiger partial charge in [0.1, 0.15) is 0 Å². The molecule has 0 aromatic heterocycles. The van der Waals surface area contributed by atoms with Crippen LogP contribution in [0.5, 0.6) is 0 Å². The summed E-state index contributed by atoms with van der Waals surface area (Å²) in [7, 11) is 0. The molecule has 0 aliphatic carbocycles. The molecule has 5 heteroatoms. The van der Waals surface area contributed by atoms with Crippen molar-refractivity contribution in [3.63, 3.8) is 0 Å². The minimum absolute atomic E-state index is 0.0182. The number of nitrogens with one attached hydrogen (secondary N) is 2. The van der Waals surface area contributed by atoms with E-state index in [0.29, 0.717) is 11.3 Å². The summed E-state index contributed by atoms with van der Waals surface area (Å²) < 4.78 is 5.33. The van der Waals surface area contributed by atoms with Crippen LogP contribution >= 0.6 is 0 Å². The van der Waals surface area contributed by atoms with E-state index in [4.69, 9.17) is 10.1 Å². The smallest absolute Gasteiger partial charge is 0.169 e. The number of Topliss-reactive ketones (excluding diaryl/α,β-unsaturated/α-hetero) is 1. The number of carbonyl (C=O) groups excluding carboxylic acids is 1. The molecule has 2 heterocycles. The summed E-state index contributed by atoms with van der Waals surface area (Å²) in [6.45, 7) is 6.91. The molecule has 2 N–H and O–H groups in total. The first-order chi connectivity index (χ1) is 9.63. The lowest BCUT2D eigenvalue weighted by Crippen LogP contribution is -2.36. The summed E-state index contributed by atoms with van der Waals surface area (Å²) >= 11 is 0. The lowest BCUT2D eigenvalue weighted by atomic mass is 9.99. The highest BCUT2D eigenvalue weighted by Crippen LogP contribution is 2.16. The Morgan fingerprint density at radius 1 is 1.40 bits per heavy atom. The van der Waals surface area contributed by atoms with Crippen molar-refractivity contribution in [2.24, 2.45) is 5.92 Å². The molecule has 0 radical (unpaired) electrons. The highest BCUT2D eigenvalue weighted by molar-refractivity contribution is 6.14. The predicted molar refractivity (Wildman–Crippen MR) is 78.4 cm³/mol. The average Bonchev–Trinajstić information content (AvgIpc) is 2.49. The molecule has 0 spiro atoms. The maximum absolute atomic E-state index is 12.0. The van der Waals surface area contributed by atoms with Crippen LogP contribution in [0.25, 0.3) is 0 Å². The number of ketones is 1. The lowest BCUT2D eigenvalue weighted by molar-refractivity contribution is -0.117. The molecular formula is C15H21N3O2. The fourth-order valence-electron chi connectivity index (χ4n) is 2.20. The molecule has 0 amide bonds. The molecule has 0 unspecified atom stereocenters. The van der Waals surface area contributed by atoms with Crippen LogP contribution in [0.3, 0.4) is 0 Å². The van der Waals surface area contributed by atoms with Gasteiger partial charge in [0.25, 0.3) is 0 Å². The van der Waals surface area contributed by atoms with Gasteiger partial charge in [0, 0.05) is 31.4 Å². The van der Waals surface area contributed by atoms with Crippen molar-refractivity contribution in [1.29, 1.82) is 5.41 Å². The number of hydrogen-bond acceptors (Lipinski definition) is 5. The zero-order chi connectivity index (χ0) is 14.5. The molecule has 20 heavy (non-hydrogen) atoms. The second kappa shape index (κ2) is 6.52. The normalized spacial score (nSPS) is 21.4. The van der Waals surface area contributed by atoms with E-state index in [1.807, 2.05) is 32.2 Å². The lowest BCUT2D eigenvalue weighted by Gasteiger charge is -2.31. The quantitative estimate of drug-likeness (QED) is 0.602. The van der Waals surface area contributed by atoms with Gasteiger partial charge in [-0.05, 0) is 12.2 Å². The summed E-state index contributed by atoms with van der Waals surface area (Å²) in [5.41, 5.74) is 2.20. The van der Waals surface area contributed by atoms with Crippen molar-refractivity contribution >= 4 is 12.0 Å². The van der Waals surface area contributed by atoms with Gasteiger partial charge in [0.2, 0.25) is 0 Å². The molecule has 1 fully saturated rings. The zero-order valence-corrected chi connectivity index (χ0v) is 12.0. The molecule has 0 atom stereocenters. The van der Waals surface area contributed by atoms with Gasteiger partial charge in [0.15, 0.2) is 5.78 Å². The second-order valence-corrected chi connectivity index (χ2v) is 5.14. The fraction of sp³-hybridized carbons (Fsp3) is 0.467. The molecule has 1 saturated heterocycles. The Labute approximate surface area is 119 Å². The monoisotopic (exact) mass is 275 g/mol. The third-order valence-corrected chi connectivity index (χ3v) is 3.40. The van der Waals surface area contributed by atoms with Gasteiger partial charge in [-0.2, -0.15) is 0 Å². The Morgan fingerprint density at radius 3 is 2.60 bits per heavy atom. The van der Waals surface area contributed by atoms with E-state index in [0.717, 1.165) is 38.2 Å². The third kappa shape index (κ3) is 3.17. The number of rotatable bonds is 4. The first-order valence-corrected chi connectivity index (χ1v) is 6.90. The number of dihydropyridines is 1. The van der Waals surface area contributed by atoms with Gasteiger partial charge < -0.3 is 20.4 Å². The van der Waals surface area contributed by atoms with Crippen LogP contribution in [-0.2, 0) is 9.53 Å². The molecule has 0 saturated carbocycles. The van der Waals surface area contributed by atoms with Crippen molar-refractivity contribution in [3.05, 3.63) is 35.3 Å². The summed E-state index contributed by atoms with van der Waals surface area (Å²) in [6.07, 6.45) is 6.86. The summed E-state index contributed by atoms with van der Waals surface area (Å²) in [5, 5.41) is 10.6.